The fraction of sp³-hybridized carbons (Fsp3) is 0.381. The van der Waals surface area contributed by atoms with Crippen LogP contribution in [0.2, 0.25) is 0 Å². The third-order valence-electron chi connectivity index (χ3n) is 5.58. The zero-order valence-corrected chi connectivity index (χ0v) is 16.0. The van der Waals surface area contributed by atoms with Gasteiger partial charge in [-0.15, -0.1) is 0 Å². The molecule has 0 amide bonds. The van der Waals surface area contributed by atoms with E-state index in [2.05, 4.69) is 56.5 Å². The molecule has 4 heterocycles. The van der Waals surface area contributed by atoms with Gasteiger partial charge in [-0.25, -0.2) is 15.0 Å². The number of ether oxygens (including phenoxy) is 1. The number of fused-ring (bicyclic) bond motifs is 1. The van der Waals surface area contributed by atoms with E-state index in [1.54, 1.807) is 12.5 Å². The summed E-state index contributed by atoms with van der Waals surface area (Å²) in [5.74, 6) is 1.07. The average Bonchev–Trinajstić information content (AvgIpc) is 3.24. The molecule has 28 heavy (non-hydrogen) atoms. The number of aromatic nitrogens is 2. The highest BCUT2D eigenvalue weighted by Crippen LogP contribution is 2.35. The van der Waals surface area contributed by atoms with Crippen molar-refractivity contribution in [3.05, 3.63) is 65.9 Å². The van der Waals surface area contributed by atoms with E-state index in [4.69, 9.17) is 9.73 Å². The minimum absolute atomic E-state index is 0.0442. The predicted molar refractivity (Wildman–Crippen MR) is 107 cm³/mol. The Labute approximate surface area is 164 Å². The quantitative estimate of drug-likeness (QED) is 0.878. The molecule has 5 rings (SSSR count). The van der Waals surface area contributed by atoms with E-state index in [0.717, 1.165) is 49.8 Å². The highest BCUT2D eigenvalue weighted by atomic mass is 16.5. The van der Waals surface area contributed by atoms with Crippen molar-refractivity contribution < 1.29 is 4.74 Å². The second-order valence-corrected chi connectivity index (χ2v) is 7.37. The molecular formula is C21H24N6O. The minimum atomic E-state index is -0.0442. The number of hydrogen-bond acceptors (Lipinski definition) is 7. The van der Waals surface area contributed by atoms with Crippen LogP contribution in [-0.2, 0) is 6.42 Å². The first-order chi connectivity index (χ1) is 13.8. The van der Waals surface area contributed by atoms with Crippen LogP contribution in [0.4, 0.5) is 0 Å². The monoisotopic (exact) mass is 376 g/mol. The van der Waals surface area contributed by atoms with Crippen molar-refractivity contribution in [3.8, 4) is 5.75 Å². The number of aliphatic imine (C=N–C) groups is 1. The number of rotatable bonds is 3. The molecule has 1 N–H and O–H groups in total. The Morgan fingerprint density at radius 3 is 3.11 bits per heavy atom. The van der Waals surface area contributed by atoms with E-state index >= 15 is 0 Å². The highest BCUT2D eigenvalue weighted by molar-refractivity contribution is 6.07. The molecule has 7 heteroatoms. The lowest BCUT2D eigenvalue weighted by molar-refractivity contribution is 0.0679. The fourth-order valence-electron chi connectivity index (χ4n) is 4.16. The van der Waals surface area contributed by atoms with Crippen LogP contribution in [0.1, 0.15) is 22.9 Å². The van der Waals surface area contributed by atoms with Crippen LogP contribution in [0.15, 0.2) is 54.1 Å². The third kappa shape index (κ3) is 3.16. The molecule has 1 aromatic carbocycles. The Balaban J connectivity index is 1.40. The van der Waals surface area contributed by atoms with Crippen molar-refractivity contribution in [1.29, 1.82) is 0 Å². The molecule has 3 aliphatic heterocycles. The molecule has 1 saturated heterocycles. The van der Waals surface area contributed by atoms with Crippen molar-refractivity contribution in [2.45, 2.75) is 18.8 Å². The molecule has 3 aliphatic rings. The molecule has 0 bridgehead atoms. The summed E-state index contributed by atoms with van der Waals surface area (Å²) in [6, 6.07) is 8.63. The molecular weight excluding hydrogens is 352 g/mol. The van der Waals surface area contributed by atoms with Gasteiger partial charge in [-0.1, -0.05) is 18.2 Å². The Bertz CT molecular complexity index is 912. The van der Waals surface area contributed by atoms with Crippen molar-refractivity contribution in [2.24, 2.45) is 4.99 Å². The molecule has 7 nitrogen and oxygen atoms in total. The Kier molecular flexibility index (Phi) is 4.54. The Morgan fingerprint density at radius 1 is 1.25 bits per heavy atom. The number of hydrogen-bond donors (Lipinski definition) is 1. The van der Waals surface area contributed by atoms with Gasteiger partial charge in [0.25, 0.3) is 0 Å². The molecule has 0 spiro atoms. The van der Waals surface area contributed by atoms with Gasteiger partial charge in [0.15, 0.2) is 6.29 Å². The van der Waals surface area contributed by atoms with Gasteiger partial charge >= 0.3 is 0 Å². The van der Waals surface area contributed by atoms with E-state index in [1.807, 2.05) is 12.1 Å². The van der Waals surface area contributed by atoms with Crippen LogP contribution in [0, 0.1) is 0 Å². The maximum Gasteiger partial charge on any atom is 0.178 e. The van der Waals surface area contributed by atoms with E-state index in [0.29, 0.717) is 0 Å². The fourth-order valence-corrected chi connectivity index (χ4v) is 4.16. The summed E-state index contributed by atoms with van der Waals surface area (Å²) in [6.07, 6.45) is 8.37. The van der Waals surface area contributed by atoms with Gasteiger partial charge in [0.05, 0.1) is 18.0 Å². The molecule has 0 saturated carbocycles. The predicted octanol–water partition coefficient (Wildman–Crippen LogP) is 1.59. The maximum absolute atomic E-state index is 5.94. The van der Waals surface area contributed by atoms with E-state index in [-0.39, 0.29) is 12.3 Å². The lowest BCUT2D eigenvalue weighted by atomic mass is 10.00. The molecule has 2 unspecified atom stereocenters. The largest absolute Gasteiger partial charge is 0.493 e. The van der Waals surface area contributed by atoms with Crippen molar-refractivity contribution in [2.75, 3.05) is 33.3 Å². The first-order valence-electron chi connectivity index (χ1n) is 9.76. The topological polar surface area (TPSA) is 65.9 Å². The smallest absolute Gasteiger partial charge is 0.178 e. The average molecular weight is 376 g/mol. The van der Waals surface area contributed by atoms with E-state index < -0.39 is 0 Å². The number of benzene rings is 1. The van der Waals surface area contributed by atoms with Crippen molar-refractivity contribution in [3.63, 3.8) is 0 Å². The number of nitrogens with one attached hydrogen (secondary N) is 1. The summed E-state index contributed by atoms with van der Waals surface area (Å²) in [4.78, 5) is 17.9. The zero-order chi connectivity index (χ0) is 18.9. The van der Waals surface area contributed by atoms with Gasteiger partial charge in [-0.05, 0) is 17.7 Å². The molecule has 144 valence electrons. The molecule has 1 fully saturated rings. The summed E-state index contributed by atoms with van der Waals surface area (Å²) < 4.78 is 5.94. The van der Waals surface area contributed by atoms with Crippen LogP contribution in [-0.4, -0.2) is 65.1 Å². The number of nitrogens with zero attached hydrogens (tertiary/aromatic N) is 5. The van der Waals surface area contributed by atoms with Crippen LogP contribution >= 0.6 is 0 Å². The summed E-state index contributed by atoms with van der Waals surface area (Å²) in [5, 5.41) is 3.66. The molecule has 2 atom stereocenters. The lowest BCUT2D eigenvalue weighted by Crippen LogP contribution is -2.54. The van der Waals surface area contributed by atoms with Gasteiger partial charge in [-0.3, -0.25) is 4.90 Å². The summed E-state index contributed by atoms with van der Waals surface area (Å²) >= 11 is 0. The van der Waals surface area contributed by atoms with E-state index in [1.165, 1.54) is 11.1 Å². The standard InChI is InChI=1S/C21H24N6O/c1-26-10-6-18(17-5-8-22-14-24-17)25-21(26)27-11-9-23-19(13-27)16-4-2-3-15-7-12-28-20(15)16/h2-6,8,10,14,19,21,23H,7,9,11-13H2,1H3. The van der Waals surface area contributed by atoms with Crippen LogP contribution < -0.4 is 10.1 Å². The molecule has 2 aromatic rings. The zero-order valence-electron chi connectivity index (χ0n) is 16.0. The van der Waals surface area contributed by atoms with Gasteiger partial charge < -0.3 is 15.0 Å². The second kappa shape index (κ2) is 7.33. The van der Waals surface area contributed by atoms with E-state index in [9.17, 15) is 0 Å². The second-order valence-electron chi connectivity index (χ2n) is 7.37. The van der Waals surface area contributed by atoms with Crippen LogP contribution in [0.3, 0.4) is 0 Å². The van der Waals surface area contributed by atoms with Gasteiger partial charge in [0.2, 0.25) is 0 Å². The van der Waals surface area contributed by atoms with Crippen LogP contribution in [0.25, 0.3) is 0 Å². The minimum Gasteiger partial charge on any atom is -0.493 e. The Hall–Kier alpha value is -2.77. The molecule has 0 radical (unpaired) electrons. The highest BCUT2D eigenvalue weighted by Gasteiger charge is 2.31. The number of piperazine rings is 1. The Morgan fingerprint density at radius 2 is 2.21 bits per heavy atom. The molecule has 1 aromatic heterocycles. The maximum atomic E-state index is 5.94. The summed E-state index contributed by atoms with van der Waals surface area (Å²) in [5.41, 5.74) is 4.32. The molecule has 0 aliphatic carbocycles. The SMILES string of the molecule is CN1C=CC(c2ccncn2)=NC1N1CCNC(c2cccc3c2OCC3)C1. The normalized spacial score (nSPS) is 24.6. The summed E-state index contributed by atoms with van der Waals surface area (Å²) in [6.45, 7) is 3.52. The van der Waals surface area contributed by atoms with Crippen molar-refractivity contribution >= 4 is 5.71 Å². The van der Waals surface area contributed by atoms with Gasteiger partial charge in [0, 0.05) is 57.1 Å². The lowest BCUT2D eigenvalue weighted by Gasteiger charge is -2.41. The first kappa shape index (κ1) is 17.3. The van der Waals surface area contributed by atoms with Gasteiger partial charge in [0.1, 0.15) is 12.1 Å². The van der Waals surface area contributed by atoms with Crippen LogP contribution in [0.5, 0.6) is 5.75 Å². The van der Waals surface area contributed by atoms with Gasteiger partial charge in [-0.2, -0.15) is 0 Å². The number of allylic oxidation sites excluding steroid dienone is 1. The summed E-state index contributed by atoms with van der Waals surface area (Å²) in [7, 11) is 2.07. The van der Waals surface area contributed by atoms with Crippen molar-refractivity contribution in [1.82, 2.24) is 25.1 Å². The number of para-hydroxylation sites is 1. The third-order valence-corrected chi connectivity index (χ3v) is 5.58. The first-order valence-corrected chi connectivity index (χ1v) is 9.76.